The Kier molecular flexibility index (Phi) is 5.69. The zero-order chi connectivity index (χ0) is 13.5. The highest BCUT2D eigenvalue weighted by Gasteiger charge is 2.12. The van der Waals surface area contributed by atoms with Crippen LogP contribution in [0.4, 0.5) is 0 Å². The van der Waals surface area contributed by atoms with Crippen molar-refractivity contribution in [1.29, 1.82) is 0 Å². The van der Waals surface area contributed by atoms with E-state index in [4.69, 9.17) is 4.74 Å². The topological polar surface area (TPSA) is 38.3 Å². The van der Waals surface area contributed by atoms with Gasteiger partial charge in [-0.05, 0) is 43.5 Å². The number of carbonyl (C=O) groups is 1. The third-order valence-electron chi connectivity index (χ3n) is 3.12. The first-order valence-electron chi connectivity index (χ1n) is 6.57. The molecular formula is C15H23NO2. The van der Waals surface area contributed by atoms with Crippen LogP contribution in [-0.4, -0.2) is 19.1 Å². The van der Waals surface area contributed by atoms with Crippen molar-refractivity contribution in [3.8, 4) is 5.75 Å². The molecule has 0 saturated carbocycles. The van der Waals surface area contributed by atoms with E-state index in [2.05, 4.69) is 19.2 Å². The van der Waals surface area contributed by atoms with E-state index in [1.54, 1.807) is 13.2 Å². The lowest BCUT2D eigenvalue weighted by Gasteiger charge is -2.16. The lowest BCUT2D eigenvalue weighted by Crippen LogP contribution is -2.34. The van der Waals surface area contributed by atoms with Crippen molar-refractivity contribution < 1.29 is 9.53 Å². The Hall–Kier alpha value is -1.51. The zero-order valence-corrected chi connectivity index (χ0v) is 11.7. The fraction of sp³-hybridized carbons (Fsp3) is 0.533. The Balaban J connectivity index is 2.74. The Morgan fingerprint density at radius 2 is 2.11 bits per heavy atom. The second-order valence-corrected chi connectivity index (χ2v) is 4.55. The summed E-state index contributed by atoms with van der Waals surface area (Å²) in [5.74, 6) is 0.813. The molecule has 18 heavy (non-hydrogen) atoms. The molecule has 0 bridgehead atoms. The SMILES string of the molecule is CCCC(CC)NC(=O)c1ccc(OC)c(C)c1. The number of aryl methyl sites for hydroxylation is 1. The Bertz CT molecular complexity index is 401. The van der Waals surface area contributed by atoms with Gasteiger partial charge in [0.25, 0.3) is 5.91 Å². The maximum absolute atomic E-state index is 12.1. The van der Waals surface area contributed by atoms with Crippen molar-refractivity contribution in [3.05, 3.63) is 29.3 Å². The number of amides is 1. The zero-order valence-electron chi connectivity index (χ0n) is 11.7. The predicted octanol–water partition coefficient (Wildman–Crippen LogP) is 3.31. The minimum absolute atomic E-state index is 0.000975. The molecule has 0 aromatic heterocycles. The van der Waals surface area contributed by atoms with Crippen LogP contribution in [0.25, 0.3) is 0 Å². The van der Waals surface area contributed by atoms with Crippen molar-refractivity contribution in [2.45, 2.75) is 46.1 Å². The van der Waals surface area contributed by atoms with E-state index < -0.39 is 0 Å². The Labute approximate surface area is 110 Å². The van der Waals surface area contributed by atoms with Crippen molar-refractivity contribution in [2.24, 2.45) is 0 Å². The van der Waals surface area contributed by atoms with E-state index in [1.807, 2.05) is 19.1 Å². The van der Waals surface area contributed by atoms with Gasteiger partial charge in [-0.1, -0.05) is 20.3 Å². The quantitative estimate of drug-likeness (QED) is 0.840. The van der Waals surface area contributed by atoms with Crippen LogP contribution in [0.1, 0.15) is 49.0 Å². The van der Waals surface area contributed by atoms with Crippen molar-refractivity contribution in [1.82, 2.24) is 5.32 Å². The molecule has 1 amide bonds. The summed E-state index contributed by atoms with van der Waals surface area (Å²) in [6.07, 6.45) is 3.08. The van der Waals surface area contributed by atoms with Crippen LogP contribution in [0.3, 0.4) is 0 Å². The van der Waals surface area contributed by atoms with Gasteiger partial charge in [-0.3, -0.25) is 4.79 Å². The van der Waals surface area contributed by atoms with Gasteiger partial charge in [-0.15, -0.1) is 0 Å². The van der Waals surface area contributed by atoms with Crippen LogP contribution in [0, 0.1) is 6.92 Å². The van der Waals surface area contributed by atoms with Gasteiger partial charge in [0.15, 0.2) is 0 Å². The summed E-state index contributed by atoms with van der Waals surface area (Å²) < 4.78 is 5.19. The Morgan fingerprint density at radius 3 is 2.61 bits per heavy atom. The highest BCUT2D eigenvalue weighted by molar-refractivity contribution is 5.94. The number of nitrogens with one attached hydrogen (secondary N) is 1. The minimum Gasteiger partial charge on any atom is -0.496 e. The number of hydrogen-bond donors (Lipinski definition) is 1. The number of benzene rings is 1. The van der Waals surface area contributed by atoms with Gasteiger partial charge >= 0.3 is 0 Å². The number of ether oxygens (including phenoxy) is 1. The highest BCUT2D eigenvalue weighted by atomic mass is 16.5. The van der Waals surface area contributed by atoms with Gasteiger partial charge in [0.05, 0.1) is 7.11 Å². The minimum atomic E-state index is 0.000975. The molecule has 1 aromatic rings. The van der Waals surface area contributed by atoms with Gasteiger partial charge in [0, 0.05) is 11.6 Å². The average Bonchev–Trinajstić information content (AvgIpc) is 2.37. The molecule has 1 rings (SSSR count). The monoisotopic (exact) mass is 249 g/mol. The van der Waals surface area contributed by atoms with Gasteiger partial charge in [-0.2, -0.15) is 0 Å². The van der Waals surface area contributed by atoms with Gasteiger partial charge in [0.1, 0.15) is 5.75 Å². The summed E-state index contributed by atoms with van der Waals surface area (Å²) in [6.45, 7) is 6.17. The van der Waals surface area contributed by atoms with Crippen molar-refractivity contribution >= 4 is 5.91 Å². The fourth-order valence-electron chi connectivity index (χ4n) is 2.02. The van der Waals surface area contributed by atoms with Crippen LogP contribution in [0.5, 0.6) is 5.75 Å². The van der Waals surface area contributed by atoms with Crippen LogP contribution < -0.4 is 10.1 Å². The van der Waals surface area contributed by atoms with Gasteiger partial charge in [0.2, 0.25) is 0 Å². The van der Waals surface area contributed by atoms with Crippen molar-refractivity contribution in [3.63, 3.8) is 0 Å². The number of carbonyl (C=O) groups excluding carboxylic acids is 1. The summed E-state index contributed by atoms with van der Waals surface area (Å²) in [6, 6.07) is 5.78. The summed E-state index contributed by atoms with van der Waals surface area (Å²) in [7, 11) is 1.64. The van der Waals surface area contributed by atoms with Crippen molar-refractivity contribution in [2.75, 3.05) is 7.11 Å². The molecule has 0 heterocycles. The molecule has 1 aromatic carbocycles. The number of rotatable bonds is 6. The first-order valence-corrected chi connectivity index (χ1v) is 6.57. The van der Waals surface area contributed by atoms with Crippen LogP contribution >= 0.6 is 0 Å². The molecular weight excluding hydrogens is 226 g/mol. The molecule has 100 valence electrons. The number of hydrogen-bond acceptors (Lipinski definition) is 2. The van der Waals surface area contributed by atoms with Gasteiger partial charge < -0.3 is 10.1 Å². The second kappa shape index (κ2) is 7.04. The smallest absolute Gasteiger partial charge is 0.251 e. The van der Waals surface area contributed by atoms with E-state index in [0.717, 1.165) is 30.6 Å². The molecule has 0 fully saturated rings. The van der Waals surface area contributed by atoms with Crippen LogP contribution in [-0.2, 0) is 0 Å². The fourth-order valence-corrected chi connectivity index (χ4v) is 2.02. The first-order chi connectivity index (χ1) is 8.62. The van der Waals surface area contributed by atoms with E-state index in [-0.39, 0.29) is 11.9 Å². The van der Waals surface area contributed by atoms with Crippen LogP contribution in [0.15, 0.2) is 18.2 Å². The molecule has 1 unspecified atom stereocenters. The largest absolute Gasteiger partial charge is 0.496 e. The molecule has 0 aliphatic heterocycles. The third-order valence-corrected chi connectivity index (χ3v) is 3.12. The maximum atomic E-state index is 12.1. The van der Waals surface area contributed by atoms with E-state index in [1.165, 1.54) is 0 Å². The van der Waals surface area contributed by atoms with Gasteiger partial charge in [-0.25, -0.2) is 0 Å². The molecule has 1 atom stereocenters. The summed E-state index contributed by atoms with van der Waals surface area (Å²) in [5.41, 5.74) is 1.68. The van der Waals surface area contributed by atoms with E-state index in [9.17, 15) is 4.79 Å². The second-order valence-electron chi connectivity index (χ2n) is 4.55. The standard InChI is InChI=1S/C15H23NO2/c1-5-7-13(6-2)16-15(17)12-8-9-14(18-4)11(3)10-12/h8-10,13H,5-7H2,1-4H3,(H,16,17). The van der Waals surface area contributed by atoms with Crippen LogP contribution in [0.2, 0.25) is 0 Å². The molecule has 0 saturated heterocycles. The third kappa shape index (κ3) is 3.76. The summed E-state index contributed by atoms with van der Waals surface area (Å²) in [4.78, 5) is 12.1. The highest BCUT2D eigenvalue weighted by Crippen LogP contribution is 2.18. The first kappa shape index (κ1) is 14.6. The molecule has 3 nitrogen and oxygen atoms in total. The average molecular weight is 249 g/mol. The molecule has 0 aliphatic rings. The lowest BCUT2D eigenvalue weighted by atomic mass is 10.1. The Morgan fingerprint density at radius 1 is 1.39 bits per heavy atom. The lowest BCUT2D eigenvalue weighted by molar-refractivity contribution is 0.0933. The summed E-state index contributed by atoms with van der Waals surface area (Å²) in [5, 5.41) is 3.07. The molecule has 0 spiro atoms. The van der Waals surface area contributed by atoms with E-state index in [0.29, 0.717) is 5.56 Å². The predicted molar refractivity (Wildman–Crippen MR) is 74.2 cm³/mol. The summed E-state index contributed by atoms with van der Waals surface area (Å²) >= 11 is 0. The molecule has 1 N–H and O–H groups in total. The molecule has 3 heteroatoms. The number of methoxy groups -OCH3 is 1. The molecule has 0 radical (unpaired) electrons. The van der Waals surface area contributed by atoms with E-state index >= 15 is 0 Å². The molecule has 0 aliphatic carbocycles. The normalized spacial score (nSPS) is 12.0. The maximum Gasteiger partial charge on any atom is 0.251 e.